The molecule has 0 amide bonds. The molecule has 5 heteroatoms. The van der Waals surface area contributed by atoms with E-state index in [0.29, 0.717) is 0 Å². The molecule has 2 aromatic carbocycles. The van der Waals surface area contributed by atoms with Crippen LogP contribution in [0.5, 0.6) is 0 Å². The molecule has 3 heterocycles. The van der Waals surface area contributed by atoms with Crippen LogP contribution in [0.3, 0.4) is 0 Å². The SMILES string of the molecule is CCCC[Si]1(C2[C]([Hf+2]3([C]4=Cc5ccccc5C4[Si]4(CCCC)CCC4)[CH2][CH2]3)=Cc3ccccc32)CCC1.[Cl-].[Cl-]. The normalized spacial score (nSPS) is 25.2. The van der Waals surface area contributed by atoms with Crippen molar-refractivity contribution in [3.05, 3.63) is 77.4 Å². The number of hydrogen-bond acceptors (Lipinski definition) is 0. The van der Waals surface area contributed by atoms with E-state index in [0.717, 1.165) is 11.1 Å². The third-order valence-electron chi connectivity index (χ3n) is 11.7. The summed E-state index contributed by atoms with van der Waals surface area (Å²) in [6.45, 7) is 4.85. The molecule has 0 N–H and O–H groups in total. The maximum atomic E-state index is 2.86. The molecule has 0 bridgehead atoms. The van der Waals surface area contributed by atoms with Gasteiger partial charge in [0.1, 0.15) is 0 Å². The van der Waals surface area contributed by atoms with Gasteiger partial charge in [-0.15, -0.1) is 0 Å². The van der Waals surface area contributed by atoms with Gasteiger partial charge in [0, 0.05) is 0 Å². The molecule has 0 nitrogen and oxygen atoms in total. The molecule has 7 rings (SSSR count). The van der Waals surface area contributed by atoms with Crippen LogP contribution in [0.15, 0.2) is 55.2 Å². The summed E-state index contributed by atoms with van der Waals surface area (Å²) >= 11 is -2.75. The number of benzene rings is 2. The first-order valence-corrected chi connectivity index (χ1v) is 29.9. The standard InChI is InChI=1S/2C16H21Si.C2H4.2ClH.Hf/c2*1-2-3-11-17(12-6-13-17)16-10-9-14-7-4-5-8-15(14)16;1-2;;;/h2*4-5,7-9,16H,2-3,6,11-13H2,1H3;1-2H2;2*1H;/q;;;;;+2/p-2. The Kier molecular flexibility index (Phi) is 9.18. The zero-order chi connectivity index (χ0) is 25.1. The minimum atomic E-state index is -2.75. The maximum Gasteiger partial charge on any atom is -1.00 e. The van der Waals surface area contributed by atoms with Crippen molar-refractivity contribution in [1.29, 1.82) is 0 Å². The van der Waals surface area contributed by atoms with Crippen molar-refractivity contribution in [2.24, 2.45) is 0 Å². The number of fused-ring (bicyclic) bond motifs is 2. The van der Waals surface area contributed by atoms with Gasteiger partial charge < -0.3 is 24.8 Å². The van der Waals surface area contributed by atoms with E-state index in [2.05, 4.69) is 81.2 Å². The fraction of sp³-hybridized carbons (Fsp3) is 0.529. The van der Waals surface area contributed by atoms with Crippen LogP contribution in [0.2, 0.25) is 44.6 Å². The summed E-state index contributed by atoms with van der Waals surface area (Å²) in [6.07, 6.45) is 14.5. The average molecular weight is 760 g/mol. The molecule has 5 aliphatic rings. The Morgan fingerprint density at radius 3 is 1.38 bits per heavy atom. The monoisotopic (exact) mass is 760 g/mol. The van der Waals surface area contributed by atoms with Gasteiger partial charge >= 0.3 is 234 Å². The second-order valence-corrected chi connectivity index (χ2v) is 38.7. The number of halogens is 2. The molecule has 208 valence electrons. The Balaban J connectivity index is 0.00000154. The predicted octanol–water partition coefficient (Wildman–Crippen LogP) is 4.66. The van der Waals surface area contributed by atoms with Crippen LogP contribution in [0.1, 0.15) is 85.7 Å². The van der Waals surface area contributed by atoms with Crippen molar-refractivity contribution >= 4 is 28.3 Å². The van der Waals surface area contributed by atoms with Crippen LogP contribution in [-0.4, -0.2) is 16.1 Å². The summed E-state index contributed by atoms with van der Waals surface area (Å²) in [7, 11) is -2.51. The zero-order valence-electron chi connectivity index (χ0n) is 24.1. The van der Waals surface area contributed by atoms with E-state index >= 15 is 0 Å². The molecule has 3 fully saturated rings. The Morgan fingerprint density at radius 1 is 0.641 bits per heavy atom. The second-order valence-electron chi connectivity index (χ2n) is 13.5. The summed E-state index contributed by atoms with van der Waals surface area (Å²) in [5, 5.41) is 0. The molecule has 2 aromatic rings. The molecule has 2 atom stereocenters. The molecule has 39 heavy (non-hydrogen) atoms. The smallest absolute Gasteiger partial charge is 1.00 e. The summed E-state index contributed by atoms with van der Waals surface area (Å²) in [4.78, 5) is 0. The average Bonchev–Trinajstić information content (AvgIpc) is 3.45. The molecule has 0 radical (unpaired) electrons. The van der Waals surface area contributed by atoms with Crippen molar-refractivity contribution in [2.45, 2.75) is 108 Å². The van der Waals surface area contributed by atoms with Gasteiger partial charge in [-0.1, -0.05) is 0 Å². The third kappa shape index (κ3) is 4.77. The molecule has 0 aromatic heterocycles. The van der Waals surface area contributed by atoms with Gasteiger partial charge in [0.05, 0.1) is 0 Å². The van der Waals surface area contributed by atoms with Gasteiger partial charge in [0.25, 0.3) is 0 Å². The van der Waals surface area contributed by atoms with E-state index in [9.17, 15) is 0 Å². The van der Waals surface area contributed by atoms with Gasteiger partial charge in [-0.25, -0.2) is 0 Å². The Bertz CT molecular complexity index is 1160. The van der Waals surface area contributed by atoms with Crippen LogP contribution in [0.4, 0.5) is 0 Å². The topological polar surface area (TPSA) is 0 Å². The third-order valence-corrected chi connectivity index (χ3v) is 42.0. The number of hydrogen-bond donors (Lipinski definition) is 0. The van der Waals surface area contributed by atoms with Crippen LogP contribution in [0, 0.1) is 0 Å². The van der Waals surface area contributed by atoms with Gasteiger partial charge in [0.2, 0.25) is 0 Å². The molecule has 0 spiro atoms. The molecule has 3 aliphatic heterocycles. The van der Waals surface area contributed by atoms with E-state index in [4.69, 9.17) is 0 Å². The summed E-state index contributed by atoms with van der Waals surface area (Å²) in [5.41, 5.74) is 8.65. The molecule has 2 unspecified atom stereocenters. The number of allylic oxidation sites excluding steroid dienone is 2. The number of rotatable bonds is 10. The predicted molar refractivity (Wildman–Crippen MR) is 163 cm³/mol. The molecule has 2 aliphatic carbocycles. The quantitative estimate of drug-likeness (QED) is 0.310. The fourth-order valence-corrected chi connectivity index (χ4v) is 53.0. The van der Waals surface area contributed by atoms with E-state index in [1.54, 1.807) is 66.9 Å². The Hall–Kier alpha value is -0.196. The molecule has 3 saturated heterocycles. The van der Waals surface area contributed by atoms with Crippen molar-refractivity contribution in [3.8, 4) is 0 Å². The fourth-order valence-electron chi connectivity index (χ4n) is 9.35. The summed E-state index contributed by atoms with van der Waals surface area (Å²) in [6, 6.07) is 29.2. The van der Waals surface area contributed by atoms with Crippen molar-refractivity contribution < 1.29 is 44.8 Å². The van der Waals surface area contributed by atoms with E-state index < -0.39 is 36.1 Å². The van der Waals surface area contributed by atoms with Crippen molar-refractivity contribution in [2.75, 3.05) is 0 Å². The minimum Gasteiger partial charge on any atom is -1.00 e. The van der Waals surface area contributed by atoms with Crippen LogP contribution in [-0.2, 0) is 20.0 Å². The minimum absolute atomic E-state index is 0. The Morgan fingerprint density at radius 2 is 1.05 bits per heavy atom. The van der Waals surface area contributed by atoms with Crippen molar-refractivity contribution in [3.63, 3.8) is 0 Å². The van der Waals surface area contributed by atoms with Crippen LogP contribution >= 0.6 is 0 Å². The molecular formula is C34H46Cl2HfSi2. The summed E-state index contributed by atoms with van der Waals surface area (Å²) < 4.78 is 7.55. The van der Waals surface area contributed by atoms with Gasteiger partial charge in [0.15, 0.2) is 0 Å². The first-order valence-electron chi connectivity index (χ1n) is 15.8. The van der Waals surface area contributed by atoms with Gasteiger partial charge in [-0.2, -0.15) is 0 Å². The second kappa shape index (κ2) is 11.8. The first kappa shape index (κ1) is 30.3. The van der Waals surface area contributed by atoms with Crippen LogP contribution < -0.4 is 24.8 Å². The van der Waals surface area contributed by atoms with Crippen molar-refractivity contribution in [1.82, 2.24) is 0 Å². The van der Waals surface area contributed by atoms with E-state index in [1.807, 2.05) is 0 Å². The van der Waals surface area contributed by atoms with Crippen LogP contribution in [0.25, 0.3) is 12.2 Å². The molecule has 0 saturated carbocycles. The maximum absolute atomic E-state index is 2.86. The number of unbranched alkanes of at least 4 members (excludes halogenated alkanes) is 2. The van der Waals surface area contributed by atoms with Gasteiger partial charge in [-0.05, 0) is 0 Å². The van der Waals surface area contributed by atoms with E-state index in [1.165, 1.54) is 38.5 Å². The zero-order valence-corrected chi connectivity index (χ0v) is 31.2. The van der Waals surface area contributed by atoms with Gasteiger partial charge in [-0.3, -0.25) is 0 Å². The first-order chi connectivity index (χ1) is 18.2. The van der Waals surface area contributed by atoms with E-state index in [-0.39, 0.29) is 24.8 Å². The largest absolute Gasteiger partial charge is 1.00 e. The summed E-state index contributed by atoms with van der Waals surface area (Å²) in [5.74, 6) is 0. The Labute approximate surface area is 256 Å². The molecular weight excluding hydrogens is 714 g/mol.